The lowest BCUT2D eigenvalue weighted by atomic mass is 9.95. The van der Waals surface area contributed by atoms with Gasteiger partial charge in [0, 0.05) is 36.1 Å². The Labute approximate surface area is 192 Å². The van der Waals surface area contributed by atoms with Crippen LogP contribution in [0, 0.1) is 17.2 Å². The van der Waals surface area contributed by atoms with Crippen molar-refractivity contribution in [2.45, 2.75) is 25.1 Å². The number of alkyl halides is 3. The van der Waals surface area contributed by atoms with Crippen LogP contribution >= 0.6 is 11.8 Å². The molecule has 2 saturated heterocycles. The van der Waals surface area contributed by atoms with Gasteiger partial charge >= 0.3 is 6.18 Å². The van der Waals surface area contributed by atoms with Gasteiger partial charge in [0.15, 0.2) is 0 Å². The van der Waals surface area contributed by atoms with Gasteiger partial charge in [-0.05, 0) is 37.1 Å². The number of nitrogens with zero attached hydrogens (tertiary/aromatic N) is 4. The number of aromatic nitrogens is 1. The first kappa shape index (κ1) is 23.2. The molecule has 1 unspecified atom stereocenters. The summed E-state index contributed by atoms with van der Waals surface area (Å²) in [6.07, 6.45) is -2.62. The Hall–Kier alpha value is -3.00. The standard InChI is InChI=1S/C22H22F3N5O2S/c23-22(24,25)14-4-7-29(8-5-14)15-1-2-19-18(9-15)17(3-6-27-19)21(32)28-11-20(31)30-13-33-12-16(30)10-26/h1-3,6,9,14,16H,4-5,7-8,11-13H2,(H,28,32). The highest BCUT2D eigenvalue weighted by molar-refractivity contribution is 7.99. The molecule has 1 aromatic heterocycles. The zero-order chi connectivity index (χ0) is 23.6. The molecular formula is C22H22F3N5O2S. The van der Waals surface area contributed by atoms with Crippen LogP contribution in [0.25, 0.3) is 10.9 Å². The van der Waals surface area contributed by atoms with E-state index in [0.717, 1.165) is 5.69 Å². The third-order valence-corrected chi connectivity index (χ3v) is 7.06. The van der Waals surface area contributed by atoms with E-state index in [4.69, 9.17) is 5.26 Å². The molecule has 1 aromatic carbocycles. The van der Waals surface area contributed by atoms with Crippen molar-refractivity contribution in [2.24, 2.45) is 5.92 Å². The number of thioether (sulfide) groups is 1. The van der Waals surface area contributed by atoms with Crippen molar-refractivity contribution < 1.29 is 22.8 Å². The average Bonchev–Trinajstić information content (AvgIpc) is 3.30. The number of piperidine rings is 1. The summed E-state index contributed by atoms with van der Waals surface area (Å²) in [6, 6.07) is 8.43. The molecule has 174 valence electrons. The molecule has 2 aromatic rings. The maximum absolute atomic E-state index is 13.0. The van der Waals surface area contributed by atoms with Crippen LogP contribution in [0.4, 0.5) is 18.9 Å². The number of nitrogens with one attached hydrogen (secondary N) is 1. The highest BCUT2D eigenvalue weighted by Gasteiger charge is 2.41. The summed E-state index contributed by atoms with van der Waals surface area (Å²) in [7, 11) is 0. The van der Waals surface area contributed by atoms with E-state index in [1.807, 2.05) is 4.90 Å². The molecule has 1 N–H and O–H groups in total. The number of hydrogen-bond donors (Lipinski definition) is 1. The fraction of sp³-hybridized carbons (Fsp3) is 0.455. The van der Waals surface area contributed by atoms with Crippen LogP contribution in [-0.4, -0.2) is 65.2 Å². The first-order chi connectivity index (χ1) is 15.8. The first-order valence-corrected chi connectivity index (χ1v) is 11.7. The van der Waals surface area contributed by atoms with Gasteiger partial charge in [-0.3, -0.25) is 14.6 Å². The van der Waals surface area contributed by atoms with Gasteiger partial charge in [-0.2, -0.15) is 18.4 Å². The third kappa shape index (κ3) is 5.00. The van der Waals surface area contributed by atoms with Crippen LogP contribution in [0.1, 0.15) is 23.2 Å². The number of hydrogen-bond acceptors (Lipinski definition) is 6. The molecule has 0 saturated carbocycles. The van der Waals surface area contributed by atoms with Crippen molar-refractivity contribution in [1.82, 2.24) is 15.2 Å². The minimum atomic E-state index is -4.18. The second-order valence-electron chi connectivity index (χ2n) is 8.05. The number of anilines is 1. The number of amides is 2. The molecule has 7 nitrogen and oxygen atoms in total. The Bertz CT molecular complexity index is 1100. The van der Waals surface area contributed by atoms with Gasteiger partial charge in [-0.15, -0.1) is 11.8 Å². The summed E-state index contributed by atoms with van der Waals surface area (Å²) in [5, 5.41) is 12.3. The van der Waals surface area contributed by atoms with Gasteiger partial charge in [0.2, 0.25) is 5.91 Å². The van der Waals surface area contributed by atoms with Crippen molar-refractivity contribution in [3.63, 3.8) is 0 Å². The predicted molar refractivity (Wildman–Crippen MR) is 119 cm³/mol. The second kappa shape index (κ2) is 9.47. The number of fused-ring (bicyclic) bond motifs is 1. The van der Waals surface area contributed by atoms with Crippen LogP contribution < -0.4 is 10.2 Å². The number of nitriles is 1. The number of carbonyl (C=O) groups excluding carboxylic acids is 2. The lowest BCUT2D eigenvalue weighted by molar-refractivity contribution is -0.179. The minimum Gasteiger partial charge on any atom is -0.371 e. The molecular weight excluding hydrogens is 455 g/mol. The molecule has 2 aliphatic rings. The van der Waals surface area contributed by atoms with Crippen LogP contribution in [0.5, 0.6) is 0 Å². The molecule has 0 aliphatic carbocycles. The summed E-state index contributed by atoms with van der Waals surface area (Å²) >= 11 is 1.49. The summed E-state index contributed by atoms with van der Waals surface area (Å²) in [5.41, 5.74) is 1.63. The number of carbonyl (C=O) groups is 2. The number of pyridine rings is 1. The SMILES string of the molecule is N#CC1CSCN1C(=O)CNC(=O)c1ccnc2ccc(N3CCC(C(F)(F)F)CC3)cc12. The maximum Gasteiger partial charge on any atom is 0.391 e. The molecule has 2 aliphatic heterocycles. The summed E-state index contributed by atoms with van der Waals surface area (Å²) in [5.74, 6) is -1.10. The van der Waals surface area contributed by atoms with Gasteiger partial charge in [0.05, 0.1) is 35.5 Å². The monoisotopic (exact) mass is 477 g/mol. The molecule has 33 heavy (non-hydrogen) atoms. The molecule has 0 spiro atoms. The summed E-state index contributed by atoms with van der Waals surface area (Å²) in [6.45, 7) is 0.325. The molecule has 3 heterocycles. The lowest BCUT2D eigenvalue weighted by Crippen LogP contribution is -2.42. The van der Waals surface area contributed by atoms with Crippen LogP contribution in [0.3, 0.4) is 0 Å². The summed E-state index contributed by atoms with van der Waals surface area (Å²) < 4.78 is 38.9. The van der Waals surface area contributed by atoms with Crippen LogP contribution in [0.15, 0.2) is 30.5 Å². The molecule has 0 radical (unpaired) electrons. The number of halogens is 3. The van der Waals surface area contributed by atoms with Gasteiger partial charge in [0.25, 0.3) is 5.91 Å². The van der Waals surface area contributed by atoms with Crippen molar-refractivity contribution >= 4 is 40.2 Å². The predicted octanol–water partition coefficient (Wildman–Crippen LogP) is 3.17. The fourth-order valence-corrected chi connectivity index (χ4v) is 5.25. The smallest absolute Gasteiger partial charge is 0.371 e. The van der Waals surface area contributed by atoms with E-state index >= 15 is 0 Å². The quantitative estimate of drug-likeness (QED) is 0.728. The van der Waals surface area contributed by atoms with Crippen LogP contribution in [0.2, 0.25) is 0 Å². The van der Waals surface area contributed by atoms with Gasteiger partial charge in [-0.25, -0.2) is 0 Å². The normalized spacial score (nSPS) is 19.5. The molecule has 2 amide bonds. The van der Waals surface area contributed by atoms with Gasteiger partial charge in [0.1, 0.15) is 6.04 Å². The molecule has 0 bridgehead atoms. The molecule has 2 fully saturated rings. The van der Waals surface area contributed by atoms with Crippen molar-refractivity contribution in [3.8, 4) is 6.07 Å². The first-order valence-electron chi connectivity index (χ1n) is 10.5. The lowest BCUT2D eigenvalue weighted by Gasteiger charge is -2.34. The van der Waals surface area contributed by atoms with E-state index < -0.39 is 24.0 Å². The Kier molecular flexibility index (Phi) is 6.65. The van der Waals surface area contributed by atoms with Crippen molar-refractivity contribution in [2.75, 3.05) is 36.2 Å². The van der Waals surface area contributed by atoms with Gasteiger partial charge < -0.3 is 15.1 Å². The number of benzene rings is 1. The molecule has 11 heteroatoms. The fourth-order valence-electron chi connectivity index (χ4n) is 4.14. The highest BCUT2D eigenvalue weighted by atomic mass is 32.2. The largest absolute Gasteiger partial charge is 0.391 e. The van der Waals surface area contributed by atoms with E-state index in [9.17, 15) is 22.8 Å². The summed E-state index contributed by atoms with van der Waals surface area (Å²) in [4.78, 5) is 32.9. The van der Waals surface area contributed by atoms with E-state index in [2.05, 4.69) is 16.4 Å². The zero-order valence-electron chi connectivity index (χ0n) is 17.6. The molecule has 1 atom stereocenters. The zero-order valence-corrected chi connectivity index (χ0v) is 18.5. The van der Waals surface area contributed by atoms with E-state index in [1.54, 1.807) is 24.3 Å². The van der Waals surface area contributed by atoms with E-state index in [0.29, 0.717) is 28.1 Å². The van der Waals surface area contributed by atoms with Crippen molar-refractivity contribution in [1.29, 1.82) is 5.26 Å². The highest BCUT2D eigenvalue weighted by Crippen LogP contribution is 2.36. The second-order valence-corrected chi connectivity index (χ2v) is 9.05. The average molecular weight is 478 g/mol. The molecule has 4 rings (SSSR count). The minimum absolute atomic E-state index is 0.0303. The van der Waals surface area contributed by atoms with Crippen molar-refractivity contribution in [3.05, 3.63) is 36.0 Å². The third-order valence-electron chi connectivity index (χ3n) is 6.04. The number of rotatable bonds is 4. The Morgan fingerprint density at radius 2 is 2.00 bits per heavy atom. The van der Waals surface area contributed by atoms with E-state index in [-0.39, 0.29) is 38.4 Å². The topological polar surface area (TPSA) is 89.3 Å². The maximum atomic E-state index is 13.0. The van der Waals surface area contributed by atoms with Gasteiger partial charge in [-0.1, -0.05) is 0 Å². The Morgan fingerprint density at radius 3 is 2.70 bits per heavy atom. The Morgan fingerprint density at radius 1 is 1.24 bits per heavy atom. The van der Waals surface area contributed by atoms with E-state index in [1.165, 1.54) is 22.9 Å². The Balaban J connectivity index is 1.47. The van der Waals surface area contributed by atoms with Crippen LogP contribution in [-0.2, 0) is 4.79 Å².